The van der Waals surface area contributed by atoms with Gasteiger partial charge in [-0.1, -0.05) is 48.6 Å². The number of para-hydroxylation sites is 1. The number of nitrogens with one attached hydrogen (secondary N) is 1. The molecule has 0 aliphatic rings. The van der Waals surface area contributed by atoms with Crippen LogP contribution in [0, 0.1) is 0 Å². The van der Waals surface area contributed by atoms with Gasteiger partial charge in [0.2, 0.25) is 5.82 Å². The molecule has 8 nitrogen and oxygen atoms in total. The monoisotopic (exact) mass is 494 g/mol. The first-order chi connectivity index (χ1) is 18.2. The Morgan fingerprint density at radius 1 is 0.946 bits per heavy atom. The van der Waals surface area contributed by atoms with E-state index in [1.807, 2.05) is 60.7 Å². The molecule has 3 aromatic carbocycles. The second-order valence-corrected chi connectivity index (χ2v) is 8.49. The molecule has 1 N–H and O–H groups in total. The molecule has 0 aliphatic heterocycles. The number of aromatic amines is 1. The van der Waals surface area contributed by atoms with E-state index in [2.05, 4.69) is 32.8 Å². The Hall–Kier alpha value is -4.72. The van der Waals surface area contributed by atoms with Crippen LogP contribution < -0.4 is 14.9 Å². The molecule has 2 aromatic heterocycles. The summed E-state index contributed by atoms with van der Waals surface area (Å²) in [5.74, 6) is 2.21. The zero-order chi connectivity index (χ0) is 25.5. The summed E-state index contributed by atoms with van der Waals surface area (Å²) in [6, 6.07) is 22.9. The van der Waals surface area contributed by atoms with Crippen LogP contribution in [-0.4, -0.2) is 34.3 Å². The van der Waals surface area contributed by atoms with Gasteiger partial charge >= 0.3 is 0 Å². The minimum absolute atomic E-state index is 0.165. The molecule has 0 amide bonds. The fraction of sp³-hybridized carbons (Fsp3) is 0.172. The van der Waals surface area contributed by atoms with Gasteiger partial charge in [0, 0.05) is 11.6 Å². The van der Waals surface area contributed by atoms with Gasteiger partial charge < -0.3 is 13.9 Å². The topological polar surface area (TPSA) is 103 Å². The highest BCUT2D eigenvalue weighted by atomic mass is 16.5. The van der Waals surface area contributed by atoms with E-state index in [0.29, 0.717) is 17.6 Å². The smallest absolute Gasteiger partial charge is 0.239 e. The van der Waals surface area contributed by atoms with Crippen molar-refractivity contribution in [3.8, 4) is 23.1 Å². The number of H-pyrrole nitrogens is 1. The molecule has 5 rings (SSSR count). The first-order valence-corrected chi connectivity index (χ1v) is 12.0. The zero-order valence-electron chi connectivity index (χ0n) is 20.4. The Balaban J connectivity index is 1.19. The van der Waals surface area contributed by atoms with Crippen molar-refractivity contribution >= 4 is 23.1 Å². The Morgan fingerprint density at radius 2 is 1.76 bits per heavy atom. The van der Waals surface area contributed by atoms with Gasteiger partial charge in [-0.15, -0.1) is 10.2 Å². The molecule has 186 valence electrons. The van der Waals surface area contributed by atoms with E-state index in [1.54, 1.807) is 13.2 Å². The highest BCUT2D eigenvalue weighted by Gasteiger charge is 2.12. The van der Waals surface area contributed by atoms with Gasteiger partial charge in [-0.3, -0.25) is 4.79 Å². The van der Waals surface area contributed by atoms with E-state index in [-0.39, 0.29) is 17.0 Å². The Bertz CT molecular complexity index is 1540. The van der Waals surface area contributed by atoms with Crippen molar-refractivity contribution in [3.05, 3.63) is 99.7 Å². The molecular formula is C29H26N4O4. The number of methoxy groups -OCH3 is 1. The van der Waals surface area contributed by atoms with Crippen LogP contribution in [0.5, 0.6) is 11.5 Å². The summed E-state index contributed by atoms with van der Waals surface area (Å²) >= 11 is 0. The summed E-state index contributed by atoms with van der Waals surface area (Å²) in [6.45, 7) is 0.670. The lowest BCUT2D eigenvalue weighted by molar-refractivity contribution is 0.307. The van der Waals surface area contributed by atoms with Crippen molar-refractivity contribution in [1.29, 1.82) is 0 Å². The average molecular weight is 495 g/mol. The predicted octanol–water partition coefficient (Wildman–Crippen LogP) is 5.55. The van der Waals surface area contributed by atoms with Crippen LogP contribution in [0.4, 0.5) is 0 Å². The predicted molar refractivity (Wildman–Crippen MR) is 142 cm³/mol. The third-order valence-corrected chi connectivity index (χ3v) is 5.97. The van der Waals surface area contributed by atoms with Gasteiger partial charge in [-0.2, -0.15) is 5.21 Å². The fourth-order valence-electron chi connectivity index (χ4n) is 3.98. The van der Waals surface area contributed by atoms with Gasteiger partial charge in [0.1, 0.15) is 17.1 Å². The van der Waals surface area contributed by atoms with E-state index in [4.69, 9.17) is 13.9 Å². The normalized spacial score (nSPS) is 11.3. The summed E-state index contributed by atoms with van der Waals surface area (Å²) in [7, 11) is 1.68. The van der Waals surface area contributed by atoms with Gasteiger partial charge in [-0.25, -0.2) is 0 Å². The van der Waals surface area contributed by atoms with Crippen LogP contribution in [0.2, 0.25) is 0 Å². The third kappa shape index (κ3) is 5.92. The lowest BCUT2D eigenvalue weighted by Gasteiger charge is -2.07. The molecule has 8 heteroatoms. The van der Waals surface area contributed by atoms with Crippen LogP contribution in [0.1, 0.15) is 29.5 Å². The quantitative estimate of drug-likeness (QED) is 0.200. The summed E-state index contributed by atoms with van der Waals surface area (Å²) in [6.07, 6.45) is 6.94. The maximum Gasteiger partial charge on any atom is 0.239 e. The molecule has 0 saturated carbocycles. The lowest BCUT2D eigenvalue weighted by atomic mass is 10.1. The third-order valence-electron chi connectivity index (χ3n) is 5.97. The largest absolute Gasteiger partial charge is 0.497 e. The first-order valence-electron chi connectivity index (χ1n) is 12.0. The molecule has 5 aromatic rings. The number of nitrogens with zero attached hydrogens (tertiary/aromatic N) is 3. The van der Waals surface area contributed by atoms with E-state index in [0.717, 1.165) is 41.9 Å². The summed E-state index contributed by atoms with van der Waals surface area (Å²) in [5.41, 5.74) is 3.38. The van der Waals surface area contributed by atoms with Crippen LogP contribution in [0.15, 0.2) is 82.0 Å². The molecule has 0 bridgehead atoms. The minimum Gasteiger partial charge on any atom is -0.497 e. The Morgan fingerprint density at radius 3 is 2.51 bits per heavy atom. The number of benzene rings is 3. The van der Waals surface area contributed by atoms with Gasteiger partial charge in [-0.05, 0) is 65.9 Å². The van der Waals surface area contributed by atoms with Crippen LogP contribution in [-0.2, 0) is 6.42 Å². The van der Waals surface area contributed by atoms with Crippen molar-refractivity contribution in [2.45, 2.75) is 19.3 Å². The van der Waals surface area contributed by atoms with E-state index in [1.165, 1.54) is 11.6 Å². The molecule has 0 saturated heterocycles. The number of ether oxygens (including phenoxy) is 2. The number of hydrogen-bond donors (Lipinski definition) is 1. The number of unbranched alkanes of at least 4 members (excludes halogenated alkanes) is 1. The summed E-state index contributed by atoms with van der Waals surface area (Å²) in [4.78, 5) is 12.6. The molecule has 0 atom stereocenters. The molecule has 37 heavy (non-hydrogen) atoms. The average Bonchev–Trinajstić information content (AvgIpc) is 3.48. The second kappa shape index (κ2) is 11.3. The minimum atomic E-state index is -0.165. The van der Waals surface area contributed by atoms with Gasteiger partial charge in [0.15, 0.2) is 11.2 Å². The van der Waals surface area contributed by atoms with Crippen LogP contribution in [0.25, 0.3) is 34.7 Å². The Labute approximate surface area is 213 Å². The fourth-order valence-corrected chi connectivity index (χ4v) is 3.98. The van der Waals surface area contributed by atoms with E-state index >= 15 is 0 Å². The molecular weight excluding hydrogens is 468 g/mol. The highest BCUT2D eigenvalue weighted by molar-refractivity contribution is 5.89. The number of fused-ring (bicyclic) bond motifs is 1. The summed E-state index contributed by atoms with van der Waals surface area (Å²) in [5, 5.41) is 14.2. The Kier molecular flexibility index (Phi) is 7.36. The zero-order valence-corrected chi connectivity index (χ0v) is 20.4. The van der Waals surface area contributed by atoms with Crippen molar-refractivity contribution < 1.29 is 13.9 Å². The first kappa shape index (κ1) is 24.0. The molecule has 0 radical (unpaired) electrons. The lowest BCUT2D eigenvalue weighted by Crippen LogP contribution is -2.01. The maximum absolute atomic E-state index is 12.6. The number of hydrogen-bond acceptors (Lipinski definition) is 7. The summed E-state index contributed by atoms with van der Waals surface area (Å²) < 4.78 is 17.1. The van der Waals surface area contributed by atoms with Crippen molar-refractivity contribution in [2.75, 3.05) is 13.7 Å². The van der Waals surface area contributed by atoms with Crippen molar-refractivity contribution in [1.82, 2.24) is 20.6 Å². The van der Waals surface area contributed by atoms with Crippen LogP contribution >= 0.6 is 0 Å². The number of rotatable bonds is 10. The van der Waals surface area contributed by atoms with Gasteiger partial charge in [0.05, 0.1) is 19.1 Å². The molecule has 0 fully saturated rings. The van der Waals surface area contributed by atoms with Gasteiger partial charge in [0.25, 0.3) is 0 Å². The molecule has 2 heterocycles. The van der Waals surface area contributed by atoms with E-state index < -0.39 is 0 Å². The standard InChI is InChI=1S/C29H26N4O4/c1-35-23-14-9-20(10-15-23)5-2-3-18-36-24-16-11-21(12-17-24)8-13-22-6-4-7-25-26(34)19-27(37-28(22)25)29-30-32-33-31-29/h4,6-17,19H,2-3,5,18H2,1H3,(H,30,31,32,33)/b13-8+. The van der Waals surface area contributed by atoms with Crippen molar-refractivity contribution in [3.63, 3.8) is 0 Å². The number of tetrazole rings is 1. The molecule has 0 spiro atoms. The highest BCUT2D eigenvalue weighted by Crippen LogP contribution is 2.24. The maximum atomic E-state index is 12.6. The number of aromatic nitrogens is 4. The SMILES string of the molecule is COc1ccc(CCCCOc2ccc(/C=C/c3cccc4c(=O)cc(-c5nn[nH]n5)oc34)cc2)cc1. The van der Waals surface area contributed by atoms with Crippen molar-refractivity contribution in [2.24, 2.45) is 0 Å². The molecule has 0 aliphatic carbocycles. The van der Waals surface area contributed by atoms with Crippen LogP contribution in [0.3, 0.4) is 0 Å². The second-order valence-electron chi connectivity index (χ2n) is 8.49. The van der Waals surface area contributed by atoms with E-state index in [9.17, 15) is 4.79 Å². The number of aryl methyl sites for hydroxylation is 1. The molecule has 0 unspecified atom stereocenters.